The molecule has 1 saturated heterocycles. The Morgan fingerprint density at radius 1 is 1.43 bits per heavy atom. The highest BCUT2D eigenvalue weighted by Crippen LogP contribution is 2.28. The molecule has 1 aliphatic heterocycles. The summed E-state index contributed by atoms with van der Waals surface area (Å²) in [6, 6.07) is 1.76. The summed E-state index contributed by atoms with van der Waals surface area (Å²) in [5, 5.41) is 14.0. The van der Waals surface area contributed by atoms with Crippen molar-refractivity contribution in [2.75, 3.05) is 31.6 Å². The number of nitrogens with zero attached hydrogens (tertiary/aromatic N) is 4. The van der Waals surface area contributed by atoms with Crippen molar-refractivity contribution in [2.24, 2.45) is 5.92 Å². The molecule has 3 aromatic heterocycles. The predicted molar refractivity (Wildman–Crippen MR) is 131 cm³/mol. The van der Waals surface area contributed by atoms with Crippen LogP contribution in [-0.4, -0.2) is 68.4 Å². The molecule has 2 atom stereocenters. The van der Waals surface area contributed by atoms with Crippen LogP contribution in [0.3, 0.4) is 0 Å². The number of piperidine rings is 1. The number of pyridine rings is 1. The first-order valence-corrected chi connectivity index (χ1v) is 12.3. The zero-order valence-electron chi connectivity index (χ0n) is 19.6. The smallest absolute Gasteiger partial charge is 0.222 e. The van der Waals surface area contributed by atoms with E-state index >= 15 is 0 Å². The first-order valence-electron chi connectivity index (χ1n) is 11.9. The molecule has 188 valence electrons. The van der Waals surface area contributed by atoms with Crippen LogP contribution in [0.1, 0.15) is 39.0 Å². The van der Waals surface area contributed by atoms with E-state index in [0.717, 1.165) is 24.4 Å². The van der Waals surface area contributed by atoms with E-state index in [1.165, 1.54) is 0 Å². The highest BCUT2D eigenvalue weighted by atomic mass is 35.5. The zero-order valence-corrected chi connectivity index (χ0v) is 20.4. The summed E-state index contributed by atoms with van der Waals surface area (Å²) in [7, 11) is 0. The Morgan fingerprint density at radius 2 is 2.29 bits per heavy atom. The minimum atomic E-state index is -0.823. The number of hydrogen-bond donors (Lipinski definition) is 3. The molecule has 9 nitrogen and oxygen atoms in total. The van der Waals surface area contributed by atoms with Gasteiger partial charge in [-0.1, -0.05) is 11.6 Å². The van der Waals surface area contributed by atoms with Crippen LogP contribution in [0.4, 0.5) is 10.2 Å². The van der Waals surface area contributed by atoms with Crippen molar-refractivity contribution in [3.8, 4) is 11.4 Å². The molecule has 1 amide bonds. The molecule has 4 rings (SSSR count). The highest BCUT2D eigenvalue weighted by Gasteiger charge is 2.24. The fourth-order valence-corrected chi connectivity index (χ4v) is 4.50. The number of rotatable bonds is 10. The molecule has 35 heavy (non-hydrogen) atoms. The van der Waals surface area contributed by atoms with Gasteiger partial charge in [0.15, 0.2) is 23.7 Å². The fourth-order valence-electron chi connectivity index (χ4n) is 4.34. The molecule has 0 spiro atoms. The third-order valence-electron chi connectivity index (χ3n) is 6.11. The van der Waals surface area contributed by atoms with Crippen molar-refractivity contribution in [3.05, 3.63) is 35.5 Å². The number of likely N-dealkylation sites (tertiary alicyclic amines) is 1. The van der Waals surface area contributed by atoms with Crippen LogP contribution >= 0.6 is 11.6 Å². The Kier molecular flexibility index (Phi) is 8.48. The minimum Gasteiger partial charge on any atom is -0.368 e. The molecular formula is C24H30ClFN6O3. The van der Waals surface area contributed by atoms with E-state index in [1.54, 1.807) is 18.5 Å². The Bertz CT molecular complexity index is 1160. The van der Waals surface area contributed by atoms with Crippen LogP contribution in [0.5, 0.6) is 0 Å². The predicted octanol–water partition coefficient (Wildman–Crippen LogP) is 3.99. The standard InChI is InChI=1S/C24H30ClFN6O3/c1-2-35-21(34)7-3-6-20(33)32-8-4-5-15(14-32)10-27-24-19(26)13-30-23(31-24)18-12-29-22-17(18)9-16(25)11-28-22/h9,11-13,15,21,34H,2-8,10,14H2,1H3,(H,28,29)(H,27,30,31). The SMILES string of the molecule is CCOC(O)CCCC(=O)N1CCCC(CNc2nc(-c3c[nH]c4ncc(Cl)cc34)ncc2F)C1. The molecule has 3 N–H and O–H groups in total. The van der Waals surface area contributed by atoms with Gasteiger partial charge in [-0.15, -0.1) is 0 Å². The van der Waals surface area contributed by atoms with Crippen LogP contribution in [0.15, 0.2) is 24.7 Å². The van der Waals surface area contributed by atoms with Crippen LogP contribution in [-0.2, 0) is 9.53 Å². The van der Waals surface area contributed by atoms with Crippen molar-refractivity contribution in [3.63, 3.8) is 0 Å². The van der Waals surface area contributed by atoms with E-state index in [9.17, 15) is 14.3 Å². The number of anilines is 1. The van der Waals surface area contributed by atoms with Crippen LogP contribution in [0.25, 0.3) is 22.4 Å². The zero-order chi connectivity index (χ0) is 24.8. The summed E-state index contributed by atoms with van der Waals surface area (Å²) in [4.78, 5) is 30.3. The number of fused-ring (bicyclic) bond motifs is 1. The molecule has 0 bridgehead atoms. The molecule has 0 saturated carbocycles. The minimum absolute atomic E-state index is 0.0699. The molecular weight excluding hydrogens is 475 g/mol. The molecule has 0 aromatic carbocycles. The van der Waals surface area contributed by atoms with Crippen molar-refractivity contribution >= 4 is 34.4 Å². The highest BCUT2D eigenvalue weighted by molar-refractivity contribution is 6.31. The molecule has 3 aromatic rings. The van der Waals surface area contributed by atoms with Gasteiger partial charge in [0.2, 0.25) is 5.91 Å². The lowest BCUT2D eigenvalue weighted by molar-refractivity contribution is -0.134. The largest absolute Gasteiger partial charge is 0.368 e. The number of aromatic nitrogens is 4. The maximum atomic E-state index is 14.5. The van der Waals surface area contributed by atoms with E-state index in [2.05, 4.69) is 25.3 Å². The van der Waals surface area contributed by atoms with E-state index in [0.29, 0.717) is 67.6 Å². The third-order valence-corrected chi connectivity index (χ3v) is 6.32. The van der Waals surface area contributed by atoms with E-state index < -0.39 is 12.1 Å². The molecule has 1 aliphatic rings. The lowest BCUT2D eigenvalue weighted by Crippen LogP contribution is -2.41. The van der Waals surface area contributed by atoms with Crippen molar-refractivity contribution in [2.45, 2.75) is 45.3 Å². The second kappa shape index (κ2) is 11.7. The van der Waals surface area contributed by atoms with Gasteiger partial charge in [-0.2, -0.15) is 0 Å². The monoisotopic (exact) mass is 504 g/mol. The molecule has 1 fully saturated rings. The number of aliphatic hydroxyl groups excluding tert-OH is 1. The van der Waals surface area contributed by atoms with Gasteiger partial charge in [0, 0.05) is 56.0 Å². The second-order valence-electron chi connectivity index (χ2n) is 8.67. The summed E-state index contributed by atoms with van der Waals surface area (Å²) in [6.07, 6.45) is 6.80. The number of aliphatic hydroxyl groups is 1. The Balaban J connectivity index is 1.35. The molecule has 2 unspecified atom stereocenters. The van der Waals surface area contributed by atoms with E-state index in [4.69, 9.17) is 16.3 Å². The van der Waals surface area contributed by atoms with Gasteiger partial charge in [-0.05, 0) is 44.6 Å². The fraction of sp³-hybridized carbons (Fsp3) is 0.500. The molecule has 4 heterocycles. The number of H-pyrrole nitrogens is 1. The van der Waals surface area contributed by atoms with Gasteiger partial charge in [0.05, 0.1) is 11.2 Å². The summed E-state index contributed by atoms with van der Waals surface area (Å²) in [6.45, 7) is 4.07. The molecule has 0 radical (unpaired) electrons. The third kappa shape index (κ3) is 6.45. The van der Waals surface area contributed by atoms with Crippen LogP contribution < -0.4 is 5.32 Å². The first kappa shape index (κ1) is 25.3. The van der Waals surface area contributed by atoms with Crippen molar-refractivity contribution in [1.29, 1.82) is 0 Å². The molecule has 11 heteroatoms. The summed E-state index contributed by atoms with van der Waals surface area (Å²) < 4.78 is 19.6. The number of nitrogens with one attached hydrogen (secondary N) is 2. The van der Waals surface area contributed by atoms with Crippen LogP contribution in [0, 0.1) is 11.7 Å². The first-order chi connectivity index (χ1) is 16.9. The number of ether oxygens (including phenoxy) is 1. The lowest BCUT2D eigenvalue weighted by atomic mass is 9.97. The van der Waals surface area contributed by atoms with Gasteiger partial charge < -0.3 is 25.0 Å². The van der Waals surface area contributed by atoms with Crippen molar-refractivity contribution in [1.82, 2.24) is 24.8 Å². The van der Waals surface area contributed by atoms with E-state index in [1.807, 2.05) is 11.8 Å². The Hall–Kier alpha value is -2.82. The lowest BCUT2D eigenvalue weighted by Gasteiger charge is -2.33. The maximum absolute atomic E-state index is 14.5. The molecule has 0 aliphatic carbocycles. The number of aromatic amines is 1. The van der Waals surface area contributed by atoms with Gasteiger partial charge in [-0.3, -0.25) is 4.79 Å². The number of halogens is 2. The van der Waals surface area contributed by atoms with Gasteiger partial charge in [0.1, 0.15) is 5.65 Å². The van der Waals surface area contributed by atoms with Gasteiger partial charge in [0.25, 0.3) is 0 Å². The number of hydrogen-bond acceptors (Lipinski definition) is 7. The van der Waals surface area contributed by atoms with Gasteiger partial charge >= 0.3 is 0 Å². The summed E-state index contributed by atoms with van der Waals surface area (Å²) in [5.74, 6) is 0.184. The quantitative estimate of drug-likeness (QED) is 0.357. The van der Waals surface area contributed by atoms with Crippen molar-refractivity contribution < 1.29 is 19.0 Å². The number of carbonyl (C=O) groups excluding carboxylic acids is 1. The Morgan fingerprint density at radius 3 is 3.11 bits per heavy atom. The van der Waals surface area contributed by atoms with Gasteiger partial charge in [-0.25, -0.2) is 19.3 Å². The van der Waals surface area contributed by atoms with E-state index in [-0.39, 0.29) is 17.6 Å². The average Bonchev–Trinajstić information content (AvgIpc) is 3.27. The maximum Gasteiger partial charge on any atom is 0.222 e. The topological polar surface area (TPSA) is 116 Å². The summed E-state index contributed by atoms with van der Waals surface area (Å²) in [5.41, 5.74) is 1.33. The number of carbonyl (C=O) groups is 1. The average molecular weight is 505 g/mol. The number of amides is 1. The van der Waals surface area contributed by atoms with Crippen LogP contribution in [0.2, 0.25) is 5.02 Å². The second-order valence-corrected chi connectivity index (χ2v) is 9.11. The summed E-state index contributed by atoms with van der Waals surface area (Å²) >= 11 is 6.08. The Labute approximate surface area is 208 Å². The normalized spacial score (nSPS) is 17.0.